The van der Waals surface area contributed by atoms with Gasteiger partial charge < -0.3 is 14.2 Å². The molecule has 0 aromatic rings. The Bertz CT molecular complexity index is 404. The van der Waals surface area contributed by atoms with Crippen LogP contribution in [0.4, 0.5) is 13.2 Å². The average Bonchev–Trinajstić information content (AvgIpc) is 2.43. The molecule has 1 fully saturated rings. The summed E-state index contributed by atoms with van der Waals surface area (Å²) in [6.45, 7) is 4.49. The van der Waals surface area contributed by atoms with Crippen LogP contribution in [0.15, 0.2) is 12.2 Å². The van der Waals surface area contributed by atoms with E-state index in [1.54, 1.807) is 0 Å². The van der Waals surface area contributed by atoms with Gasteiger partial charge in [0.05, 0.1) is 12.4 Å². The van der Waals surface area contributed by atoms with Gasteiger partial charge >= 0.3 is 18.1 Å². The number of carbonyl (C=O) groups is 2. The Morgan fingerprint density at radius 1 is 1.48 bits per heavy atom. The Balaban J connectivity index is 2.55. The molecule has 9 heteroatoms. The van der Waals surface area contributed by atoms with E-state index in [9.17, 15) is 22.8 Å². The number of carbonyl (C=O) groups excluding carboxylic acids is 2. The fourth-order valence-electron chi connectivity index (χ4n) is 1.35. The normalized spacial score (nSPS) is 20.5. The molecule has 0 bridgehead atoms. The third-order valence-electron chi connectivity index (χ3n) is 2.50. The van der Waals surface area contributed by atoms with E-state index in [-0.39, 0.29) is 6.42 Å². The highest BCUT2D eigenvalue weighted by atomic mass is 32.2. The van der Waals surface area contributed by atoms with E-state index in [1.807, 2.05) is 0 Å². The van der Waals surface area contributed by atoms with Gasteiger partial charge in [-0.25, -0.2) is 9.59 Å². The zero-order valence-electron chi connectivity index (χ0n) is 11.3. The Morgan fingerprint density at radius 2 is 2.14 bits per heavy atom. The Kier molecular flexibility index (Phi) is 6.53. The average molecular weight is 328 g/mol. The number of alkyl halides is 3. The van der Waals surface area contributed by atoms with E-state index in [0.717, 1.165) is 5.75 Å². The molecule has 0 N–H and O–H groups in total. The van der Waals surface area contributed by atoms with Gasteiger partial charge in [-0.2, -0.15) is 24.9 Å². The molecule has 2 unspecified atom stereocenters. The zero-order chi connectivity index (χ0) is 16.0. The number of rotatable bonds is 5. The summed E-state index contributed by atoms with van der Waals surface area (Å²) in [7, 11) is 0. The van der Waals surface area contributed by atoms with Crippen molar-refractivity contribution in [1.82, 2.24) is 0 Å². The van der Waals surface area contributed by atoms with Crippen molar-refractivity contribution in [3.63, 3.8) is 0 Å². The van der Waals surface area contributed by atoms with Gasteiger partial charge in [0.1, 0.15) is 5.57 Å². The monoisotopic (exact) mass is 328 g/mol. The number of hydrogen-bond acceptors (Lipinski definition) is 6. The van der Waals surface area contributed by atoms with Crippen LogP contribution < -0.4 is 0 Å². The van der Waals surface area contributed by atoms with Crippen molar-refractivity contribution in [2.45, 2.75) is 31.9 Å². The standard InChI is InChI=1S/C12H15F3O5S/c1-3-8(19-10(16)7(2)12(13,14)15)11(17)20-9-6-21-5-4-18-9/h8-9H,2-6H2,1H3. The van der Waals surface area contributed by atoms with Crippen LogP contribution in [0.2, 0.25) is 0 Å². The van der Waals surface area contributed by atoms with Gasteiger partial charge in [0.2, 0.25) is 6.29 Å². The summed E-state index contributed by atoms with van der Waals surface area (Å²) in [4.78, 5) is 23.0. The first-order valence-electron chi connectivity index (χ1n) is 6.12. The first-order chi connectivity index (χ1) is 9.75. The quantitative estimate of drug-likeness (QED) is 0.569. The van der Waals surface area contributed by atoms with Crippen molar-refractivity contribution in [3.05, 3.63) is 12.2 Å². The van der Waals surface area contributed by atoms with Crippen LogP contribution in [0.1, 0.15) is 13.3 Å². The smallest absolute Gasteiger partial charge is 0.422 e. The van der Waals surface area contributed by atoms with Gasteiger partial charge in [-0.05, 0) is 6.42 Å². The number of esters is 2. The second-order valence-electron chi connectivity index (χ2n) is 4.09. The minimum atomic E-state index is -4.90. The van der Waals surface area contributed by atoms with Crippen molar-refractivity contribution >= 4 is 23.7 Å². The molecule has 120 valence electrons. The van der Waals surface area contributed by atoms with Crippen LogP contribution >= 0.6 is 11.8 Å². The number of thioether (sulfide) groups is 1. The Labute approximate surface area is 123 Å². The number of ether oxygens (including phenoxy) is 3. The predicted molar refractivity (Wildman–Crippen MR) is 68.5 cm³/mol. The lowest BCUT2D eigenvalue weighted by Crippen LogP contribution is -2.36. The molecule has 21 heavy (non-hydrogen) atoms. The summed E-state index contributed by atoms with van der Waals surface area (Å²) in [5, 5.41) is 0. The van der Waals surface area contributed by atoms with Gasteiger partial charge in [0, 0.05) is 5.75 Å². The van der Waals surface area contributed by atoms with Crippen LogP contribution in [0, 0.1) is 0 Å². The summed E-state index contributed by atoms with van der Waals surface area (Å²) in [5.41, 5.74) is -1.67. The van der Waals surface area contributed by atoms with Crippen LogP contribution in [0.5, 0.6) is 0 Å². The van der Waals surface area contributed by atoms with Crippen LogP contribution in [-0.4, -0.2) is 48.6 Å². The molecule has 1 rings (SSSR count). The maximum atomic E-state index is 12.3. The largest absolute Gasteiger partial charge is 0.447 e. The van der Waals surface area contributed by atoms with E-state index in [4.69, 9.17) is 9.47 Å². The van der Waals surface area contributed by atoms with Gasteiger partial charge in [0.15, 0.2) is 6.10 Å². The van der Waals surface area contributed by atoms with Crippen molar-refractivity contribution < 1.29 is 37.0 Å². The molecule has 1 saturated heterocycles. The molecule has 0 radical (unpaired) electrons. The second-order valence-corrected chi connectivity index (χ2v) is 5.24. The lowest BCUT2D eigenvalue weighted by atomic mass is 10.2. The first-order valence-corrected chi connectivity index (χ1v) is 7.28. The van der Waals surface area contributed by atoms with Gasteiger partial charge in [-0.3, -0.25) is 0 Å². The molecule has 0 aromatic carbocycles. The minimum absolute atomic E-state index is 0.0183. The molecule has 0 aliphatic carbocycles. The molecule has 5 nitrogen and oxygen atoms in total. The molecular formula is C12H15F3O5S. The van der Waals surface area contributed by atoms with Gasteiger partial charge in [0.25, 0.3) is 0 Å². The highest BCUT2D eigenvalue weighted by Crippen LogP contribution is 2.25. The highest BCUT2D eigenvalue weighted by molar-refractivity contribution is 7.99. The summed E-state index contributed by atoms with van der Waals surface area (Å²) >= 11 is 1.51. The van der Waals surface area contributed by atoms with Crippen molar-refractivity contribution in [2.24, 2.45) is 0 Å². The maximum Gasteiger partial charge on any atom is 0.422 e. The van der Waals surface area contributed by atoms with Crippen molar-refractivity contribution in [3.8, 4) is 0 Å². The van der Waals surface area contributed by atoms with Crippen molar-refractivity contribution in [2.75, 3.05) is 18.1 Å². The molecule has 1 aliphatic rings. The molecule has 0 aromatic heterocycles. The molecule has 1 aliphatic heterocycles. The maximum absolute atomic E-state index is 12.3. The third kappa shape index (κ3) is 5.58. The van der Waals surface area contributed by atoms with Crippen LogP contribution in [0.3, 0.4) is 0 Å². The van der Waals surface area contributed by atoms with Gasteiger partial charge in [-0.15, -0.1) is 0 Å². The first kappa shape index (κ1) is 17.8. The van der Waals surface area contributed by atoms with E-state index >= 15 is 0 Å². The third-order valence-corrected chi connectivity index (χ3v) is 3.47. The predicted octanol–water partition coefficient (Wildman–Crippen LogP) is 2.06. The lowest BCUT2D eigenvalue weighted by Gasteiger charge is -2.24. The fourth-order valence-corrected chi connectivity index (χ4v) is 2.09. The summed E-state index contributed by atoms with van der Waals surface area (Å²) in [6, 6.07) is 0. The second kappa shape index (κ2) is 7.69. The molecule has 2 atom stereocenters. The van der Waals surface area contributed by atoms with E-state index in [0.29, 0.717) is 12.4 Å². The van der Waals surface area contributed by atoms with Crippen LogP contribution in [0.25, 0.3) is 0 Å². The summed E-state index contributed by atoms with van der Waals surface area (Å²) in [5.74, 6) is -1.43. The van der Waals surface area contributed by atoms with E-state index in [2.05, 4.69) is 11.3 Å². The van der Waals surface area contributed by atoms with Crippen LogP contribution in [-0.2, 0) is 23.8 Å². The summed E-state index contributed by atoms with van der Waals surface area (Å²) in [6.07, 6.45) is -7.13. The lowest BCUT2D eigenvalue weighted by molar-refractivity contribution is -0.190. The number of halogens is 3. The Morgan fingerprint density at radius 3 is 2.62 bits per heavy atom. The summed E-state index contributed by atoms with van der Waals surface area (Å²) < 4.78 is 51.4. The number of hydrogen-bond donors (Lipinski definition) is 0. The molecular weight excluding hydrogens is 313 g/mol. The minimum Gasteiger partial charge on any atom is -0.447 e. The molecule has 1 heterocycles. The Hall–Kier alpha value is -1.22. The highest BCUT2D eigenvalue weighted by Gasteiger charge is 2.39. The molecule has 0 amide bonds. The SMILES string of the molecule is C=C(C(=O)OC(CC)C(=O)OC1CSCCO1)C(F)(F)F. The van der Waals surface area contributed by atoms with Gasteiger partial charge in [-0.1, -0.05) is 13.5 Å². The molecule has 0 saturated carbocycles. The van der Waals surface area contributed by atoms with E-state index < -0.39 is 36.1 Å². The van der Waals surface area contributed by atoms with E-state index in [1.165, 1.54) is 18.7 Å². The topological polar surface area (TPSA) is 61.8 Å². The molecule has 0 spiro atoms. The van der Waals surface area contributed by atoms with Crippen molar-refractivity contribution in [1.29, 1.82) is 0 Å². The fraction of sp³-hybridized carbons (Fsp3) is 0.667. The zero-order valence-corrected chi connectivity index (χ0v) is 12.1.